The Morgan fingerprint density at radius 3 is 2.21 bits per heavy atom. The average Bonchev–Trinajstić information content (AvgIpc) is 2.76. The van der Waals surface area contributed by atoms with Crippen LogP contribution in [0.1, 0.15) is 46.5 Å². The van der Waals surface area contributed by atoms with E-state index in [0.29, 0.717) is 12.0 Å². The Hall–Kier alpha value is -0.0400. The van der Waals surface area contributed by atoms with Crippen LogP contribution in [0.25, 0.3) is 0 Å². The van der Waals surface area contributed by atoms with E-state index in [1.165, 1.54) is 25.7 Å². The molecule has 2 aliphatic carbocycles. The van der Waals surface area contributed by atoms with E-state index in [1.807, 2.05) is 0 Å². The summed E-state index contributed by atoms with van der Waals surface area (Å²) < 4.78 is 0. The normalized spacial score (nSPS) is 40.5. The molecule has 1 nitrogen and oxygen atoms in total. The molecule has 14 heavy (non-hydrogen) atoms. The zero-order valence-corrected chi connectivity index (χ0v) is 9.87. The van der Waals surface area contributed by atoms with Crippen LogP contribution in [0, 0.1) is 29.6 Å². The number of rotatable bonds is 3. The molecule has 0 aromatic heterocycles. The molecule has 5 unspecified atom stereocenters. The number of fused-ring (bicyclic) bond motifs is 2. The Kier molecular flexibility index (Phi) is 2.88. The Labute approximate surface area is 88.4 Å². The van der Waals surface area contributed by atoms with Crippen molar-refractivity contribution in [2.75, 3.05) is 0 Å². The van der Waals surface area contributed by atoms with E-state index in [1.54, 1.807) is 0 Å². The highest BCUT2D eigenvalue weighted by atomic mass is 14.7. The minimum Gasteiger partial charge on any atom is -0.327 e. The van der Waals surface area contributed by atoms with Crippen LogP contribution in [-0.4, -0.2) is 6.04 Å². The van der Waals surface area contributed by atoms with E-state index in [4.69, 9.17) is 5.73 Å². The van der Waals surface area contributed by atoms with E-state index in [9.17, 15) is 0 Å². The predicted molar refractivity (Wildman–Crippen MR) is 60.9 cm³/mol. The molecule has 0 amide bonds. The second kappa shape index (κ2) is 3.84. The summed E-state index contributed by atoms with van der Waals surface area (Å²) in [5.74, 6) is 4.31. The van der Waals surface area contributed by atoms with Gasteiger partial charge in [-0.05, 0) is 48.9 Å². The lowest BCUT2D eigenvalue weighted by Gasteiger charge is -2.33. The molecule has 0 aromatic rings. The van der Waals surface area contributed by atoms with Crippen molar-refractivity contribution in [2.45, 2.75) is 52.5 Å². The monoisotopic (exact) mass is 195 g/mol. The lowest BCUT2D eigenvalue weighted by atomic mass is 9.76. The van der Waals surface area contributed by atoms with Crippen molar-refractivity contribution in [1.82, 2.24) is 0 Å². The summed E-state index contributed by atoms with van der Waals surface area (Å²) in [7, 11) is 0. The standard InChI is InChI=1S/C13H25N/c1-8(2)9(3)13(14)12-7-10-4-5-11(12)6-10/h8-13H,4-7,14H2,1-3H3. The lowest BCUT2D eigenvalue weighted by Crippen LogP contribution is -2.40. The second-order valence-corrected chi connectivity index (χ2v) is 6.02. The second-order valence-electron chi connectivity index (χ2n) is 6.02. The van der Waals surface area contributed by atoms with Crippen molar-refractivity contribution in [3.63, 3.8) is 0 Å². The first kappa shape index (κ1) is 10.5. The molecule has 82 valence electrons. The molecule has 2 aliphatic rings. The third-order valence-electron chi connectivity index (χ3n) is 4.95. The number of nitrogens with two attached hydrogens (primary N) is 1. The smallest absolute Gasteiger partial charge is 0.00981 e. The molecule has 2 N–H and O–H groups in total. The first-order chi connectivity index (χ1) is 6.59. The van der Waals surface area contributed by atoms with Gasteiger partial charge in [-0.3, -0.25) is 0 Å². The molecule has 0 radical (unpaired) electrons. The van der Waals surface area contributed by atoms with Gasteiger partial charge in [0, 0.05) is 6.04 Å². The topological polar surface area (TPSA) is 26.0 Å². The first-order valence-electron chi connectivity index (χ1n) is 6.35. The molecule has 2 rings (SSSR count). The fourth-order valence-electron chi connectivity index (χ4n) is 3.60. The van der Waals surface area contributed by atoms with Crippen molar-refractivity contribution in [2.24, 2.45) is 35.3 Å². The highest BCUT2D eigenvalue weighted by Crippen LogP contribution is 2.50. The van der Waals surface area contributed by atoms with Crippen LogP contribution in [0.15, 0.2) is 0 Å². The third-order valence-corrected chi connectivity index (χ3v) is 4.95. The molecule has 5 atom stereocenters. The largest absolute Gasteiger partial charge is 0.327 e. The molecular formula is C13H25N. The summed E-state index contributed by atoms with van der Waals surface area (Å²) in [6.07, 6.45) is 5.88. The molecule has 0 spiro atoms. The summed E-state index contributed by atoms with van der Waals surface area (Å²) in [6.45, 7) is 6.94. The molecule has 2 fully saturated rings. The van der Waals surface area contributed by atoms with Crippen LogP contribution in [-0.2, 0) is 0 Å². The maximum absolute atomic E-state index is 6.41. The van der Waals surface area contributed by atoms with E-state index in [2.05, 4.69) is 20.8 Å². The van der Waals surface area contributed by atoms with Crippen molar-refractivity contribution < 1.29 is 0 Å². The van der Waals surface area contributed by atoms with Crippen LogP contribution in [0.5, 0.6) is 0 Å². The van der Waals surface area contributed by atoms with Crippen LogP contribution in [0.2, 0.25) is 0 Å². The zero-order chi connectivity index (χ0) is 10.3. The molecule has 2 saturated carbocycles. The van der Waals surface area contributed by atoms with Crippen molar-refractivity contribution in [3.05, 3.63) is 0 Å². The number of hydrogen-bond donors (Lipinski definition) is 1. The van der Waals surface area contributed by atoms with Gasteiger partial charge in [0.1, 0.15) is 0 Å². The molecule has 1 heteroatoms. The van der Waals surface area contributed by atoms with Gasteiger partial charge in [-0.25, -0.2) is 0 Å². The summed E-state index contributed by atoms with van der Waals surface area (Å²) in [5, 5.41) is 0. The number of hydrogen-bond acceptors (Lipinski definition) is 1. The SMILES string of the molecule is CC(C)C(C)C(N)C1CC2CCC1C2. The minimum atomic E-state index is 0.463. The molecular weight excluding hydrogens is 170 g/mol. The van der Waals surface area contributed by atoms with Gasteiger partial charge in [-0.15, -0.1) is 0 Å². The Morgan fingerprint density at radius 2 is 1.79 bits per heavy atom. The van der Waals surface area contributed by atoms with E-state index in [-0.39, 0.29) is 0 Å². The first-order valence-corrected chi connectivity index (χ1v) is 6.35. The van der Waals surface area contributed by atoms with Gasteiger partial charge in [-0.2, -0.15) is 0 Å². The molecule has 0 aromatic carbocycles. The predicted octanol–water partition coefficient (Wildman–Crippen LogP) is 3.04. The fraction of sp³-hybridized carbons (Fsp3) is 1.00. The lowest BCUT2D eigenvalue weighted by molar-refractivity contribution is 0.203. The quantitative estimate of drug-likeness (QED) is 0.736. The van der Waals surface area contributed by atoms with Crippen LogP contribution < -0.4 is 5.73 Å². The molecule has 0 heterocycles. The van der Waals surface area contributed by atoms with Gasteiger partial charge in [0.2, 0.25) is 0 Å². The van der Waals surface area contributed by atoms with E-state index >= 15 is 0 Å². The van der Waals surface area contributed by atoms with Gasteiger partial charge in [0.15, 0.2) is 0 Å². The summed E-state index contributed by atoms with van der Waals surface area (Å²) in [4.78, 5) is 0. The van der Waals surface area contributed by atoms with Gasteiger partial charge >= 0.3 is 0 Å². The summed E-state index contributed by atoms with van der Waals surface area (Å²) in [6, 6.07) is 0.463. The maximum atomic E-state index is 6.41. The summed E-state index contributed by atoms with van der Waals surface area (Å²) >= 11 is 0. The van der Waals surface area contributed by atoms with Crippen molar-refractivity contribution in [3.8, 4) is 0 Å². The van der Waals surface area contributed by atoms with Gasteiger partial charge in [0.05, 0.1) is 0 Å². The molecule has 2 bridgehead atoms. The average molecular weight is 195 g/mol. The third kappa shape index (κ3) is 1.71. The van der Waals surface area contributed by atoms with Crippen LogP contribution in [0.4, 0.5) is 0 Å². The highest BCUT2D eigenvalue weighted by molar-refractivity contribution is 4.95. The fourth-order valence-corrected chi connectivity index (χ4v) is 3.60. The highest BCUT2D eigenvalue weighted by Gasteiger charge is 2.43. The van der Waals surface area contributed by atoms with Crippen molar-refractivity contribution in [1.29, 1.82) is 0 Å². The van der Waals surface area contributed by atoms with E-state index in [0.717, 1.165) is 23.7 Å². The van der Waals surface area contributed by atoms with Crippen molar-refractivity contribution >= 4 is 0 Å². The zero-order valence-electron chi connectivity index (χ0n) is 9.87. The summed E-state index contributed by atoms with van der Waals surface area (Å²) in [5.41, 5.74) is 6.41. The van der Waals surface area contributed by atoms with Gasteiger partial charge in [0.25, 0.3) is 0 Å². The Balaban J connectivity index is 1.95. The van der Waals surface area contributed by atoms with Crippen LogP contribution in [0.3, 0.4) is 0 Å². The Bertz CT molecular complexity index is 199. The van der Waals surface area contributed by atoms with Gasteiger partial charge in [-0.1, -0.05) is 27.2 Å². The minimum absolute atomic E-state index is 0.463. The van der Waals surface area contributed by atoms with Gasteiger partial charge < -0.3 is 5.73 Å². The van der Waals surface area contributed by atoms with Crippen LogP contribution >= 0.6 is 0 Å². The molecule has 0 aliphatic heterocycles. The maximum Gasteiger partial charge on any atom is 0.00981 e. The van der Waals surface area contributed by atoms with E-state index < -0.39 is 0 Å². The Morgan fingerprint density at radius 1 is 1.07 bits per heavy atom. The molecule has 0 saturated heterocycles.